The Kier molecular flexibility index (Phi) is 5.02. The lowest BCUT2D eigenvalue weighted by Gasteiger charge is -2.56. The van der Waals surface area contributed by atoms with E-state index in [0.29, 0.717) is 12.8 Å². The zero-order valence-corrected chi connectivity index (χ0v) is 12.9. The molecule has 0 aromatic rings. The molecule has 124 valence electrons. The zero-order chi connectivity index (χ0) is 17.3. The normalized spacial score (nSPS) is 31.0. The highest BCUT2D eigenvalue weighted by Gasteiger charge is 2.62. The third-order valence-electron chi connectivity index (χ3n) is 4.94. The van der Waals surface area contributed by atoms with Crippen LogP contribution < -0.4 is 0 Å². The van der Waals surface area contributed by atoms with Crippen LogP contribution >= 0.6 is 0 Å². The van der Waals surface area contributed by atoms with E-state index in [1.165, 1.54) is 19.9 Å². The van der Waals surface area contributed by atoms with Gasteiger partial charge in [0.05, 0.1) is 5.92 Å². The van der Waals surface area contributed by atoms with Crippen LogP contribution in [0.4, 0.5) is 0 Å². The quantitative estimate of drug-likeness (QED) is 0.521. The maximum Gasteiger partial charge on any atom is 0.335 e. The topological polar surface area (TPSA) is 132 Å². The van der Waals surface area contributed by atoms with Crippen LogP contribution in [0, 0.1) is 17.3 Å². The van der Waals surface area contributed by atoms with E-state index in [4.69, 9.17) is 10.2 Å². The van der Waals surface area contributed by atoms with Gasteiger partial charge in [0.25, 0.3) is 0 Å². The number of carboxylic acids is 3. The van der Waals surface area contributed by atoms with Crippen LogP contribution in [0.25, 0.3) is 0 Å². The van der Waals surface area contributed by atoms with Gasteiger partial charge in [-0.15, -0.1) is 0 Å². The Bertz CT molecular complexity index is 520. The SMILES string of the molecule is CC(=CCCC1(C)C(C(=O)O)CC1C(C)(O)C(=O)O)C(=O)O. The van der Waals surface area contributed by atoms with Crippen molar-refractivity contribution < 1.29 is 34.8 Å². The van der Waals surface area contributed by atoms with Gasteiger partial charge in [0.1, 0.15) is 0 Å². The molecule has 7 heteroatoms. The number of carbonyl (C=O) groups is 3. The van der Waals surface area contributed by atoms with Gasteiger partial charge in [-0.2, -0.15) is 0 Å². The van der Waals surface area contributed by atoms with Crippen LogP contribution in [0.5, 0.6) is 0 Å². The summed E-state index contributed by atoms with van der Waals surface area (Å²) in [6.07, 6.45) is 2.18. The minimum atomic E-state index is -2.01. The van der Waals surface area contributed by atoms with Crippen LogP contribution in [-0.2, 0) is 14.4 Å². The van der Waals surface area contributed by atoms with Crippen LogP contribution in [-0.4, -0.2) is 43.9 Å². The summed E-state index contributed by atoms with van der Waals surface area (Å²) in [4.78, 5) is 33.3. The van der Waals surface area contributed by atoms with E-state index in [1.807, 2.05) is 0 Å². The monoisotopic (exact) mass is 314 g/mol. The first-order valence-corrected chi connectivity index (χ1v) is 7.03. The fourth-order valence-corrected chi connectivity index (χ4v) is 3.30. The Morgan fingerprint density at radius 2 is 1.82 bits per heavy atom. The number of aliphatic carboxylic acids is 3. The van der Waals surface area contributed by atoms with Crippen molar-refractivity contribution in [3.8, 4) is 0 Å². The van der Waals surface area contributed by atoms with Crippen LogP contribution in [0.3, 0.4) is 0 Å². The van der Waals surface area contributed by atoms with Gasteiger partial charge in [0.15, 0.2) is 5.60 Å². The van der Waals surface area contributed by atoms with Crippen LogP contribution in [0.2, 0.25) is 0 Å². The molecule has 0 aromatic heterocycles. The molecule has 1 fully saturated rings. The number of rotatable bonds is 7. The maximum atomic E-state index is 11.3. The number of hydrogen-bond acceptors (Lipinski definition) is 4. The van der Waals surface area contributed by atoms with Crippen molar-refractivity contribution in [2.45, 2.75) is 45.6 Å². The van der Waals surface area contributed by atoms with Gasteiger partial charge < -0.3 is 20.4 Å². The molecule has 0 bridgehead atoms. The lowest BCUT2D eigenvalue weighted by Crippen LogP contribution is -2.61. The molecule has 4 atom stereocenters. The summed E-state index contributed by atoms with van der Waals surface area (Å²) in [6.45, 7) is 4.25. The number of allylic oxidation sites excluding steroid dienone is 1. The third-order valence-corrected chi connectivity index (χ3v) is 4.94. The molecule has 4 N–H and O–H groups in total. The fraction of sp³-hybridized carbons (Fsp3) is 0.667. The summed E-state index contributed by atoms with van der Waals surface area (Å²) in [7, 11) is 0. The Balaban J connectivity index is 2.95. The van der Waals surface area contributed by atoms with Crippen molar-refractivity contribution in [3.05, 3.63) is 11.6 Å². The molecular formula is C15H22O7. The van der Waals surface area contributed by atoms with E-state index >= 15 is 0 Å². The van der Waals surface area contributed by atoms with Crippen molar-refractivity contribution in [1.82, 2.24) is 0 Å². The molecule has 0 radical (unpaired) electrons. The van der Waals surface area contributed by atoms with Crippen molar-refractivity contribution in [2.75, 3.05) is 0 Å². The molecule has 0 aliphatic heterocycles. The minimum absolute atomic E-state index is 0.0900. The molecular weight excluding hydrogens is 292 g/mol. The summed E-state index contributed by atoms with van der Waals surface area (Å²) < 4.78 is 0. The Labute approximate surface area is 128 Å². The summed E-state index contributed by atoms with van der Waals surface area (Å²) in [5, 5.41) is 37.3. The second kappa shape index (κ2) is 6.08. The molecule has 0 aromatic carbocycles. The zero-order valence-electron chi connectivity index (χ0n) is 12.9. The van der Waals surface area contributed by atoms with E-state index < -0.39 is 40.8 Å². The van der Waals surface area contributed by atoms with Gasteiger partial charge >= 0.3 is 17.9 Å². The van der Waals surface area contributed by atoms with Crippen molar-refractivity contribution >= 4 is 17.9 Å². The van der Waals surface area contributed by atoms with E-state index in [9.17, 15) is 24.6 Å². The first-order valence-electron chi connectivity index (χ1n) is 7.03. The second-order valence-electron chi connectivity index (χ2n) is 6.37. The van der Waals surface area contributed by atoms with E-state index in [-0.39, 0.29) is 12.0 Å². The van der Waals surface area contributed by atoms with Crippen molar-refractivity contribution in [2.24, 2.45) is 17.3 Å². The summed E-state index contributed by atoms with van der Waals surface area (Å²) in [5.41, 5.74) is -2.76. The molecule has 7 nitrogen and oxygen atoms in total. The fourth-order valence-electron chi connectivity index (χ4n) is 3.30. The van der Waals surface area contributed by atoms with Gasteiger partial charge in [-0.05, 0) is 38.5 Å². The predicted octanol–water partition coefficient (Wildman–Crippen LogP) is 1.36. The summed E-state index contributed by atoms with van der Waals surface area (Å²) in [6, 6.07) is 0. The van der Waals surface area contributed by atoms with Gasteiger partial charge in [0.2, 0.25) is 0 Å². The Morgan fingerprint density at radius 1 is 1.27 bits per heavy atom. The third kappa shape index (κ3) is 3.14. The first kappa shape index (κ1) is 18.2. The average Bonchev–Trinajstić information content (AvgIpc) is 2.35. The van der Waals surface area contributed by atoms with Crippen molar-refractivity contribution in [1.29, 1.82) is 0 Å². The van der Waals surface area contributed by atoms with Gasteiger partial charge in [0, 0.05) is 11.5 Å². The molecule has 0 amide bonds. The molecule has 0 spiro atoms. The highest BCUT2D eigenvalue weighted by molar-refractivity contribution is 5.85. The largest absolute Gasteiger partial charge is 0.481 e. The highest BCUT2D eigenvalue weighted by Crippen LogP contribution is 2.58. The molecule has 1 saturated carbocycles. The average molecular weight is 314 g/mol. The minimum Gasteiger partial charge on any atom is -0.481 e. The predicted molar refractivity (Wildman–Crippen MR) is 76.2 cm³/mol. The molecule has 0 heterocycles. The molecule has 4 unspecified atom stereocenters. The lowest BCUT2D eigenvalue weighted by atomic mass is 9.47. The van der Waals surface area contributed by atoms with Crippen LogP contribution in [0.15, 0.2) is 11.6 Å². The van der Waals surface area contributed by atoms with Gasteiger partial charge in [-0.25, -0.2) is 9.59 Å². The van der Waals surface area contributed by atoms with E-state index in [1.54, 1.807) is 6.92 Å². The molecule has 1 rings (SSSR count). The standard InChI is InChI=1S/C15H22O7/c1-8(11(16)17)5-4-6-14(2)9(12(18)19)7-10(14)15(3,22)13(20)21/h5,9-10,22H,4,6-7H2,1-3H3,(H,16,17)(H,18,19)(H,20,21). The Hall–Kier alpha value is -1.89. The second-order valence-corrected chi connectivity index (χ2v) is 6.37. The van der Waals surface area contributed by atoms with Crippen LogP contribution in [0.1, 0.15) is 40.0 Å². The summed E-state index contributed by atoms with van der Waals surface area (Å²) in [5.74, 6) is -4.91. The maximum absolute atomic E-state index is 11.3. The van der Waals surface area contributed by atoms with Gasteiger partial charge in [-0.1, -0.05) is 13.0 Å². The molecule has 1 aliphatic rings. The van der Waals surface area contributed by atoms with Gasteiger partial charge in [-0.3, -0.25) is 4.79 Å². The lowest BCUT2D eigenvalue weighted by molar-refractivity contribution is -0.201. The van der Waals surface area contributed by atoms with E-state index in [0.717, 1.165) is 0 Å². The smallest absolute Gasteiger partial charge is 0.335 e. The molecule has 1 aliphatic carbocycles. The number of carboxylic acid groups (broad SMARTS) is 3. The molecule has 0 saturated heterocycles. The number of aliphatic hydroxyl groups is 1. The van der Waals surface area contributed by atoms with Crippen molar-refractivity contribution in [3.63, 3.8) is 0 Å². The summed E-state index contributed by atoms with van der Waals surface area (Å²) >= 11 is 0. The first-order chi connectivity index (χ1) is 9.94. The Morgan fingerprint density at radius 3 is 2.23 bits per heavy atom. The van der Waals surface area contributed by atoms with E-state index in [2.05, 4.69) is 0 Å². The number of hydrogen-bond donors (Lipinski definition) is 4. The highest BCUT2D eigenvalue weighted by atomic mass is 16.4. The molecule has 22 heavy (non-hydrogen) atoms.